The maximum absolute atomic E-state index is 13.1. The average Bonchev–Trinajstić information content (AvgIpc) is 3.47. The Morgan fingerprint density at radius 2 is 1.84 bits per heavy atom. The summed E-state index contributed by atoms with van der Waals surface area (Å²) in [6.07, 6.45) is 2.07. The molecule has 1 saturated heterocycles. The molecule has 0 aliphatic carbocycles. The number of carbonyl (C=O) groups excluding carboxylic acids is 2. The first kappa shape index (κ1) is 27.1. The number of pyridine rings is 1. The number of benzene rings is 1. The number of nitrogens with one attached hydrogen (secondary N) is 1. The molecule has 8 heteroatoms. The van der Waals surface area contributed by atoms with Gasteiger partial charge in [0, 0.05) is 46.4 Å². The second-order valence-corrected chi connectivity index (χ2v) is 12.8. The van der Waals surface area contributed by atoms with E-state index in [4.69, 9.17) is 16.3 Å². The molecule has 1 aliphatic rings. The number of nitrogens with zero attached hydrogens (tertiary/aromatic N) is 2. The average molecular weight is 540 g/mol. The van der Waals surface area contributed by atoms with Gasteiger partial charge in [0.15, 0.2) is 0 Å². The van der Waals surface area contributed by atoms with E-state index in [-0.39, 0.29) is 17.4 Å². The maximum Gasteiger partial charge on any atom is 0.407 e. The maximum atomic E-state index is 13.1. The van der Waals surface area contributed by atoms with Crippen molar-refractivity contribution in [2.45, 2.75) is 65.0 Å². The van der Waals surface area contributed by atoms with Crippen LogP contribution in [-0.4, -0.2) is 46.6 Å². The van der Waals surface area contributed by atoms with Crippen LogP contribution in [0.2, 0.25) is 5.02 Å². The van der Waals surface area contributed by atoms with Gasteiger partial charge < -0.3 is 15.0 Å². The third-order valence-corrected chi connectivity index (χ3v) is 7.42. The van der Waals surface area contributed by atoms with Crippen LogP contribution in [0.15, 0.2) is 48.0 Å². The van der Waals surface area contributed by atoms with E-state index < -0.39 is 11.7 Å². The highest BCUT2D eigenvalue weighted by molar-refractivity contribution is 7.14. The summed E-state index contributed by atoms with van der Waals surface area (Å²) in [4.78, 5) is 32.5. The molecule has 0 unspecified atom stereocenters. The fourth-order valence-electron chi connectivity index (χ4n) is 4.22. The van der Waals surface area contributed by atoms with Gasteiger partial charge in [0.05, 0.1) is 11.1 Å². The van der Waals surface area contributed by atoms with Crippen molar-refractivity contribution in [2.24, 2.45) is 0 Å². The largest absolute Gasteiger partial charge is 0.444 e. The van der Waals surface area contributed by atoms with E-state index >= 15 is 0 Å². The number of thiophene rings is 1. The van der Waals surface area contributed by atoms with Crippen molar-refractivity contribution in [2.75, 3.05) is 13.1 Å². The number of hydrogen-bond donors (Lipinski definition) is 1. The number of carbonyl (C=O) groups is 2. The Balaban J connectivity index is 1.44. The third kappa shape index (κ3) is 6.70. The number of rotatable bonds is 4. The Morgan fingerprint density at radius 1 is 1.08 bits per heavy atom. The van der Waals surface area contributed by atoms with Crippen molar-refractivity contribution in [1.29, 1.82) is 0 Å². The molecule has 4 rings (SSSR count). The molecule has 196 valence electrons. The molecule has 2 aromatic heterocycles. The highest BCUT2D eigenvalue weighted by Crippen LogP contribution is 2.37. The summed E-state index contributed by atoms with van der Waals surface area (Å²) in [5.74, 6) is -0.0969. The lowest BCUT2D eigenvalue weighted by Gasteiger charge is -2.22. The molecular weight excluding hydrogens is 506 g/mol. The normalized spacial score (nSPS) is 16.1. The van der Waals surface area contributed by atoms with Crippen LogP contribution in [0.4, 0.5) is 4.79 Å². The Morgan fingerprint density at radius 3 is 2.51 bits per heavy atom. The fraction of sp³-hybridized carbons (Fsp3) is 0.414. The SMILES string of the molecule is CC(C)(C)OC(=O)N[C@@H]1CCN(C(=O)c2ccc(-c3cc(-c4ccnc(C(C)(C)C)c4)cs3)c(Cl)c2)C1. The first-order chi connectivity index (χ1) is 17.3. The van der Waals surface area contributed by atoms with E-state index in [1.54, 1.807) is 22.3 Å². The predicted octanol–water partition coefficient (Wildman–Crippen LogP) is 7.17. The van der Waals surface area contributed by atoms with Crippen molar-refractivity contribution < 1.29 is 14.3 Å². The molecule has 3 heterocycles. The number of halogens is 1. The lowest BCUT2D eigenvalue weighted by atomic mass is 9.90. The van der Waals surface area contributed by atoms with Gasteiger partial charge in [-0.3, -0.25) is 9.78 Å². The van der Waals surface area contributed by atoms with Crippen LogP contribution >= 0.6 is 22.9 Å². The molecule has 37 heavy (non-hydrogen) atoms. The monoisotopic (exact) mass is 539 g/mol. The van der Waals surface area contributed by atoms with Crippen molar-refractivity contribution in [3.63, 3.8) is 0 Å². The van der Waals surface area contributed by atoms with Crippen LogP contribution in [0.25, 0.3) is 21.6 Å². The van der Waals surface area contributed by atoms with Crippen LogP contribution in [0.3, 0.4) is 0 Å². The van der Waals surface area contributed by atoms with Crippen LogP contribution in [0.1, 0.15) is 64.0 Å². The summed E-state index contributed by atoms with van der Waals surface area (Å²) >= 11 is 8.29. The molecule has 1 aromatic carbocycles. The molecule has 0 saturated carbocycles. The molecule has 1 aliphatic heterocycles. The first-order valence-corrected chi connectivity index (χ1v) is 13.7. The van der Waals surface area contributed by atoms with E-state index in [2.05, 4.69) is 48.6 Å². The fourth-order valence-corrected chi connectivity index (χ4v) is 5.51. The van der Waals surface area contributed by atoms with E-state index in [0.717, 1.165) is 27.3 Å². The zero-order valence-corrected chi connectivity index (χ0v) is 23.8. The minimum absolute atomic E-state index is 0.0261. The summed E-state index contributed by atoms with van der Waals surface area (Å²) in [5, 5.41) is 5.51. The number of amides is 2. The molecule has 6 nitrogen and oxygen atoms in total. The van der Waals surface area contributed by atoms with E-state index in [1.807, 2.05) is 45.2 Å². The van der Waals surface area contributed by atoms with Crippen LogP contribution < -0.4 is 5.32 Å². The quantitative estimate of drug-likeness (QED) is 0.381. The van der Waals surface area contributed by atoms with Gasteiger partial charge in [0.2, 0.25) is 0 Å². The molecule has 1 fully saturated rings. The van der Waals surface area contributed by atoms with Gasteiger partial charge in [-0.2, -0.15) is 0 Å². The topological polar surface area (TPSA) is 71.5 Å². The van der Waals surface area contributed by atoms with Crippen molar-refractivity contribution in [3.8, 4) is 21.6 Å². The Kier molecular flexibility index (Phi) is 7.67. The zero-order valence-electron chi connectivity index (χ0n) is 22.2. The molecule has 0 spiro atoms. The van der Waals surface area contributed by atoms with E-state index in [9.17, 15) is 9.59 Å². The Labute approximate surface area is 228 Å². The summed E-state index contributed by atoms with van der Waals surface area (Å²) in [6, 6.07) is 11.6. The minimum Gasteiger partial charge on any atom is -0.444 e. The number of likely N-dealkylation sites (tertiary alicyclic amines) is 1. The smallest absolute Gasteiger partial charge is 0.407 e. The number of hydrogen-bond acceptors (Lipinski definition) is 5. The van der Waals surface area contributed by atoms with Gasteiger partial charge in [-0.25, -0.2) is 4.79 Å². The van der Waals surface area contributed by atoms with Crippen molar-refractivity contribution in [1.82, 2.24) is 15.2 Å². The first-order valence-electron chi connectivity index (χ1n) is 12.4. The van der Waals surface area contributed by atoms with E-state index in [1.165, 1.54) is 0 Å². The molecule has 3 aromatic rings. The zero-order chi connectivity index (χ0) is 27.0. The van der Waals surface area contributed by atoms with Gasteiger partial charge in [-0.05, 0) is 74.0 Å². The van der Waals surface area contributed by atoms with Crippen LogP contribution in [0, 0.1) is 0 Å². The number of aromatic nitrogens is 1. The summed E-state index contributed by atoms with van der Waals surface area (Å²) in [7, 11) is 0. The minimum atomic E-state index is -0.562. The lowest BCUT2D eigenvalue weighted by Crippen LogP contribution is -2.41. The standard InChI is InChI=1S/C29H34ClN3O3S/c1-28(2,3)25-15-18(9-11-31-25)20-14-24(37-17-20)22-8-7-19(13-23(22)30)26(34)33-12-10-21(16-33)32-27(35)36-29(4,5)6/h7-9,11,13-15,17,21H,10,12,16H2,1-6H3,(H,32,35)/t21-/m1/s1. The Hall–Kier alpha value is -2.90. The second-order valence-electron chi connectivity index (χ2n) is 11.5. The van der Waals surface area contributed by atoms with E-state index in [0.29, 0.717) is 30.1 Å². The van der Waals surface area contributed by atoms with Gasteiger partial charge in [-0.15, -0.1) is 11.3 Å². The molecule has 2 amide bonds. The van der Waals surface area contributed by atoms with Crippen molar-refractivity contribution >= 4 is 34.9 Å². The molecule has 1 N–H and O–H groups in total. The lowest BCUT2D eigenvalue weighted by molar-refractivity contribution is 0.0502. The van der Waals surface area contributed by atoms with Gasteiger partial charge in [0.1, 0.15) is 5.60 Å². The highest BCUT2D eigenvalue weighted by atomic mass is 35.5. The van der Waals surface area contributed by atoms with Crippen LogP contribution in [0.5, 0.6) is 0 Å². The molecule has 0 radical (unpaired) electrons. The third-order valence-electron chi connectivity index (χ3n) is 6.14. The predicted molar refractivity (Wildman–Crippen MR) is 150 cm³/mol. The van der Waals surface area contributed by atoms with Gasteiger partial charge in [-0.1, -0.05) is 38.4 Å². The van der Waals surface area contributed by atoms with Crippen LogP contribution in [-0.2, 0) is 10.2 Å². The van der Waals surface area contributed by atoms with Gasteiger partial charge in [0.25, 0.3) is 5.91 Å². The Bertz CT molecular complexity index is 1310. The number of ether oxygens (including phenoxy) is 1. The number of alkyl carbamates (subject to hydrolysis) is 1. The summed E-state index contributed by atoms with van der Waals surface area (Å²) < 4.78 is 5.33. The molecular formula is C29H34ClN3O3S. The second kappa shape index (κ2) is 10.5. The summed E-state index contributed by atoms with van der Waals surface area (Å²) in [6.45, 7) is 12.9. The molecule has 1 atom stereocenters. The highest BCUT2D eigenvalue weighted by Gasteiger charge is 2.29. The molecule has 0 bridgehead atoms. The summed E-state index contributed by atoms with van der Waals surface area (Å²) in [5.41, 5.74) is 4.12. The van der Waals surface area contributed by atoms with Gasteiger partial charge >= 0.3 is 6.09 Å². The van der Waals surface area contributed by atoms with Crippen molar-refractivity contribution in [3.05, 3.63) is 64.3 Å².